The fourth-order valence-electron chi connectivity index (χ4n) is 4.34. The molecule has 3 heterocycles. The SMILES string of the molecule is CC1=C(C(=O)OC(C)C)C(c2ccc(Cl)cc2)n2c(s/c(=C\c3ccc(-c4cc([N+](=O)[O-])ccc4Cl)o3)c2=O)=N1. The predicted octanol–water partition coefficient (Wildman–Crippen LogP) is 5.66. The monoisotopic (exact) mass is 597 g/mol. The summed E-state index contributed by atoms with van der Waals surface area (Å²) in [5.41, 5.74) is 1.22. The van der Waals surface area contributed by atoms with Gasteiger partial charge in [-0.3, -0.25) is 19.5 Å². The van der Waals surface area contributed by atoms with Crippen molar-refractivity contribution >= 4 is 52.3 Å². The number of nitro benzene ring substituents is 1. The molecular weight excluding hydrogens is 577 g/mol. The number of non-ortho nitro benzene ring substituents is 1. The Labute approximate surface area is 241 Å². The number of halogens is 2. The third-order valence-corrected chi connectivity index (χ3v) is 7.66. The van der Waals surface area contributed by atoms with E-state index in [-0.39, 0.29) is 27.9 Å². The third-order valence-electron chi connectivity index (χ3n) is 6.10. The zero-order chi connectivity index (χ0) is 28.7. The van der Waals surface area contributed by atoms with Crippen LogP contribution in [-0.2, 0) is 9.53 Å². The van der Waals surface area contributed by atoms with Crippen molar-refractivity contribution in [1.29, 1.82) is 0 Å². The summed E-state index contributed by atoms with van der Waals surface area (Å²) in [6.45, 7) is 5.20. The van der Waals surface area contributed by atoms with Crippen LogP contribution in [0.1, 0.15) is 38.1 Å². The second kappa shape index (κ2) is 10.9. The molecule has 0 N–H and O–H groups in total. The highest BCUT2D eigenvalue weighted by Crippen LogP contribution is 2.33. The molecule has 2 aromatic heterocycles. The van der Waals surface area contributed by atoms with Crippen molar-refractivity contribution in [3.63, 3.8) is 0 Å². The molecule has 0 bridgehead atoms. The van der Waals surface area contributed by atoms with Gasteiger partial charge in [0.05, 0.1) is 37.9 Å². The van der Waals surface area contributed by atoms with E-state index < -0.39 is 16.9 Å². The number of rotatable bonds is 6. The molecule has 1 aliphatic heterocycles. The number of nitro groups is 1. The van der Waals surface area contributed by atoms with E-state index in [2.05, 4.69) is 4.99 Å². The van der Waals surface area contributed by atoms with E-state index in [9.17, 15) is 19.7 Å². The van der Waals surface area contributed by atoms with Crippen molar-refractivity contribution in [2.75, 3.05) is 0 Å². The number of esters is 1. The molecule has 0 aliphatic carbocycles. The first-order chi connectivity index (χ1) is 19.0. The molecule has 204 valence electrons. The zero-order valence-corrected chi connectivity index (χ0v) is 23.7. The molecular formula is C28H21Cl2N3O6S. The van der Waals surface area contributed by atoms with Crippen molar-refractivity contribution in [2.45, 2.75) is 32.9 Å². The number of thiazole rings is 1. The average molecular weight is 598 g/mol. The number of allylic oxidation sites excluding steroid dienone is 1. The van der Waals surface area contributed by atoms with Gasteiger partial charge in [-0.25, -0.2) is 9.79 Å². The third kappa shape index (κ3) is 5.25. The van der Waals surface area contributed by atoms with Gasteiger partial charge < -0.3 is 9.15 Å². The van der Waals surface area contributed by atoms with Gasteiger partial charge in [0.25, 0.3) is 11.2 Å². The first kappa shape index (κ1) is 27.6. The minimum Gasteiger partial charge on any atom is -0.459 e. The standard InChI is InChI=1S/C28H21Cl2N3O6S/c1-14(2)38-27(35)24-15(3)31-28-32(25(24)16-4-6-17(29)7-5-16)26(34)23(40-28)13-19-9-11-22(39-19)20-12-18(33(36)37)8-10-21(20)30/h4-14,25H,1-3H3/b23-13-. The van der Waals surface area contributed by atoms with E-state index in [1.165, 1.54) is 22.8 Å². The van der Waals surface area contributed by atoms with E-state index in [1.807, 2.05) is 0 Å². The molecule has 0 radical (unpaired) electrons. The number of furan rings is 1. The number of nitrogens with zero attached hydrogens (tertiary/aromatic N) is 3. The molecule has 0 amide bonds. The molecule has 0 spiro atoms. The van der Waals surface area contributed by atoms with Crippen molar-refractivity contribution < 1.29 is 18.9 Å². The Morgan fingerprint density at radius 3 is 2.58 bits per heavy atom. The highest BCUT2D eigenvalue weighted by atomic mass is 35.5. The first-order valence-corrected chi connectivity index (χ1v) is 13.6. The van der Waals surface area contributed by atoms with Gasteiger partial charge in [0.1, 0.15) is 11.5 Å². The van der Waals surface area contributed by atoms with Gasteiger partial charge in [-0.15, -0.1) is 0 Å². The van der Waals surface area contributed by atoms with Crippen LogP contribution < -0.4 is 14.9 Å². The first-order valence-electron chi connectivity index (χ1n) is 12.1. The predicted molar refractivity (Wildman–Crippen MR) is 152 cm³/mol. The van der Waals surface area contributed by atoms with Crippen molar-refractivity contribution in [3.05, 3.63) is 117 Å². The zero-order valence-electron chi connectivity index (χ0n) is 21.4. The van der Waals surface area contributed by atoms with E-state index in [4.69, 9.17) is 32.4 Å². The Kier molecular flexibility index (Phi) is 7.50. The molecule has 1 aliphatic rings. The number of carbonyl (C=O) groups is 1. The molecule has 0 saturated heterocycles. The lowest BCUT2D eigenvalue weighted by Crippen LogP contribution is -2.40. The van der Waals surface area contributed by atoms with Crippen molar-refractivity contribution in [3.8, 4) is 11.3 Å². The number of hydrogen-bond acceptors (Lipinski definition) is 8. The molecule has 5 rings (SSSR count). The van der Waals surface area contributed by atoms with E-state index in [0.717, 1.165) is 11.3 Å². The Hall–Kier alpha value is -3.99. The van der Waals surface area contributed by atoms with E-state index >= 15 is 0 Å². The summed E-state index contributed by atoms with van der Waals surface area (Å²) in [4.78, 5) is 42.6. The van der Waals surface area contributed by atoms with Crippen LogP contribution in [0.2, 0.25) is 10.0 Å². The van der Waals surface area contributed by atoms with Gasteiger partial charge in [-0.05, 0) is 56.7 Å². The highest BCUT2D eigenvalue weighted by Gasteiger charge is 2.33. The van der Waals surface area contributed by atoms with Gasteiger partial charge in [0.15, 0.2) is 4.80 Å². The molecule has 1 unspecified atom stereocenters. The molecule has 9 nitrogen and oxygen atoms in total. The lowest BCUT2D eigenvalue weighted by atomic mass is 9.96. The Morgan fingerprint density at radius 1 is 1.18 bits per heavy atom. The number of benzene rings is 2. The second-order valence-corrected chi connectivity index (χ2v) is 11.1. The van der Waals surface area contributed by atoms with Crippen LogP contribution in [0.25, 0.3) is 17.4 Å². The summed E-state index contributed by atoms with van der Waals surface area (Å²) in [6, 6.07) is 13.4. The van der Waals surface area contributed by atoms with Gasteiger partial charge in [-0.1, -0.05) is 46.7 Å². The van der Waals surface area contributed by atoms with Gasteiger partial charge in [0.2, 0.25) is 0 Å². The van der Waals surface area contributed by atoms with E-state index in [1.54, 1.807) is 63.2 Å². The van der Waals surface area contributed by atoms with Crippen LogP contribution in [0, 0.1) is 10.1 Å². The molecule has 2 aromatic carbocycles. The summed E-state index contributed by atoms with van der Waals surface area (Å²) in [7, 11) is 0. The Bertz CT molecular complexity index is 1870. The van der Waals surface area contributed by atoms with Crippen LogP contribution in [0.4, 0.5) is 5.69 Å². The number of ether oxygens (including phenoxy) is 1. The minimum atomic E-state index is -0.780. The summed E-state index contributed by atoms with van der Waals surface area (Å²) in [5.74, 6) is 0.0809. The van der Waals surface area contributed by atoms with Gasteiger partial charge in [0, 0.05) is 28.8 Å². The lowest BCUT2D eigenvalue weighted by molar-refractivity contribution is -0.384. The summed E-state index contributed by atoms with van der Waals surface area (Å²) in [6.07, 6.45) is 1.19. The quantitative estimate of drug-likeness (QED) is 0.161. The Morgan fingerprint density at radius 2 is 1.90 bits per heavy atom. The van der Waals surface area contributed by atoms with Crippen molar-refractivity contribution in [2.24, 2.45) is 4.99 Å². The van der Waals surface area contributed by atoms with Gasteiger partial charge >= 0.3 is 5.97 Å². The fourth-order valence-corrected chi connectivity index (χ4v) is 5.70. The summed E-state index contributed by atoms with van der Waals surface area (Å²) >= 11 is 13.5. The molecule has 4 aromatic rings. The van der Waals surface area contributed by atoms with Crippen LogP contribution in [0.5, 0.6) is 0 Å². The van der Waals surface area contributed by atoms with Gasteiger partial charge in [-0.2, -0.15) is 0 Å². The van der Waals surface area contributed by atoms with E-state index in [0.29, 0.717) is 42.7 Å². The van der Waals surface area contributed by atoms with Crippen LogP contribution in [0.15, 0.2) is 80.1 Å². The maximum atomic E-state index is 13.8. The van der Waals surface area contributed by atoms with Crippen LogP contribution >= 0.6 is 34.5 Å². The smallest absolute Gasteiger partial charge is 0.338 e. The van der Waals surface area contributed by atoms with Crippen LogP contribution in [0.3, 0.4) is 0 Å². The molecule has 40 heavy (non-hydrogen) atoms. The topological polar surface area (TPSA) is 117 Å². The van der Waals surface area contributed by atoms with Crippen LogP contribution in [-0.4, -0.2) is 21.6 Å². The number of hydrogen-bond donors (Lipinski definition) is 0. The lowest BCUT2D eigenvalue weighted by Gasteiger charge is -2.25. The molecule has 0 saturated carbocycles. The molecule has 0 fully saturated rings. The summed E-state index contributed by atoms with van der Waals surface area (Å²) in [5, 5.41) is 12.0. The van der Waals surface area contributed by atoms with Crippen molar-refractivity contribution in [1.82, 2.24) is 4.57 Å². The average Bonchev–Trinajstić information content (AvgIpc) is 3.47. The largest absolute Gasteiger partial charge is 0.459 e. The minimum absolute atomic E-state index is 0.130. The normalized spacial score (nSPS) is 15.2. The number of carbonyl (C=O) groups excluding carboxylic acids is 1. The second-order valence-electron chi connectivity index (χ2n) is 9.21. The molecule has 1 atom stereocenters. The maximum Gasteiger partial charge on any atom is 0.338 e. The summed E-state index contributed by atoms with van der Waals surface area (Å²) < 4.78 is 13.2. The fraction of sp³-hybridized carbons (Fsp3) is 0.179. The number of aromatic nitrogens is 1. The maximum absolute atomic E-state index is 13.8. The Balaban J connectivity index is 1.62. The molecule has 12 heteroatoms. The number of fused-ring (bicyclic) bond motifs is 1. The highest BCUT2D eigenvalue weighted by molar-refractivity contribution is 7.07.